The normalized spacial score (nSPS) is 10.3. The van der Waals surface area contributed by atoms with Gasteiger partial charge in [-0.3, -0.25) is 9.59 Å². The van der Waals surface area contributed by atoms with E-state index in [0.717, 1.165) is 10.0 Å². The Hall–Kier alpha value is -1.88. The van der Waals surface area contributed by atoms with E-state index in [0.29, 0.717) is 12.1 Å². The molecule has 0 spiro atoms. The van der Waals surface area contributed by atoms with E-state index in [2.05, 4.69) is 15.9 Å². The van der Waals surface area contributed by atoms with Crippen LogP contribution >= 0.6 is 15.9 Å². The molecule has 2 aromatic rings. The molecule has 0 saturated carbocycles. The predicted molar refractivity (Wildman–Crippen MR) is 72.5 cm³/mol. The third-order valence-electron chi connectivity index (χ3n) is 2.57. The standard InChI is InChI=1S/C13H11BrN2O2/c14-10-5-6-12(17)16(8-10)7-9-3-1-2-4-11(9)13(15)18/h1-6,8H,7H2,(H2,15,18). The minimum Gasteiger partial charge on any atom is -0.366 e. The number of primary amides is 1. The average molecular weight is 307 g/mol. The molecule has 18 heavy (non-hydrogen) atoms. The first kappa shape index (κ1) is 12.6. The second kappa shape index (κ2) is 5.18. The number of benzene rings is 1. The quantitative estimate of drug-likeness (QED) is 0.939. The van der Waals surface area contributed by atoms with Crippen molar-refractivity contribution in [1.29, 1.82) is 0 Å². The van der Waals surface area contributed by atoms with Crippen molar-refractivity contribution < 1.29 is 4.79 Å². The summed E-state index contributed by atoms with van der Waals surface area (Å²) in [5.41, 5.74) is 6.33. The Morgan fingerprint density at radius 2 is 1.94 bits per heavy atom. The van der Waals surface area contributed by atoms with Crippen LogP contribution in [0.2, 0.25) is 0 Å². The number of rotatable bonds is 3. The molecule has 0 bridgehead atoms. The minimum atomic E-state index is -0.492. The highest BCUT2D eigenvalue weighted by atomic mass is 79.9. The van der Waals surface area contributed by atoms with Crippen LogP contribution in [0.5, 0.6) is 0 Å². The number of carbonyl (C=O) groups is 1. The van der Waals surface area contributed by atoms with Crippen LogP contribution in [0.3, 0.4) is 0 Å². The van der Waals surface area contributed by atoms with Crippen LogP contribution in [0, 0.1) is 0 Å². The molecule has 2 N–H and O–H groups in total. The van der Waals surface area contributed by atoms with Gasteiger partial charge in [0.2, 0.25) is 5.91 Å². The van der Waals surface area contributed by atoms with Crippen LogP contribution in [0.1, 0.15) is 15.9 Å². The molecule has 2 rings (SSSR count). The molecule has 5 heteroatoms. The summed E-state index contributed by atoms with van der Waals surface area (Å²) < 4.78 is 2.32. The monoisotopic (exact) mass is 306 g/mol. The highest BCUT2D eigenvalue weighted by molar-refractivity contribution is 9.10. The summed E-state index contributed by atoms with van der Waals surface area (Å²) in [6, 6.07) is 10.1. The number of nitrogens with zero attached hydrogens (tertiary/aromatic N) is 1. The molecule has 1 heterocycles. The number of hydrogen-bond donors (Lipinski definition) is 1. The lowest BCUT2D eigenvalue weighted by Gasteiger charge is -2.09. The summed E-state index contributed by atoms with van der Waals surface area (Å²) in [7, 11) is 0. The molecule has 0 aliphatic carbocycles. The number of nitrogens with two attached hydrogens (primary N) is 1. The van der Waals surface area contributed by atoms with Crippen LogP contribution in [0.15, 0.2) is 51.9 Å². The van der Waals surface area contributed by atoms with Gasteiger partial charge in [-0.1, -0.05) is 18.2 Å². The molecule has 1 amide bonds. The number of hydrogen-bond acceptors (Lipinski definition) is 2. The van der Waals surface area contributed by atoms with Gasteiger partial charge in [0.05, 0.1) is 6.54 Å². The van der Waals surface area contributed by atoms with E-state index in [1.54, 1.807) is 30.5 Å². The molecule has 0 fully saturated rings. The molecule has 0 unspecified atom stereocenters. The number of amides is 1. The Kier molecular flexibility index (Phi) is 3.62. The third kappa shape index (κ3) is 2.68. The predicted octanol–water partition coefficient (Wildman–Crippen LogP) is 1.76. The molecule has 92 valence electrons. The topological polar surface area (TPSA) is 65.1 Å². The van der Waals surface area contributed by atoms with Crippen molar-refractivity contribution in [3.63, 3.8) is 0 Å². The van der Waals surface area contributed by atoms with Crippen molar-refractivity contribution in [2.75, 3.05) is 0 Å². The highest BCUT2D eigenvalue weighted by Gasteiger charge is 2.08. The SMILES string of the molecule is NC(=O)c1ccccc1Cn1cc(Br)ccc1=O. The average Bonchev–Trinajstić information content (AvgIpc) is 2.34. The molecule has 0 atom stereocenters. The van der Waals surface area contributed by atoms with E-state index in [1.165, 1.54) is 10.6 Å². The van der Waals surface area contributed by atoms with Gasteiger partial charge in [-0.05, 0) is 33.6 Å². The fourth-order valence-corrected chi connectivity index (χ4v) is 2.09. The molecule has 4 nitrogen and oxygen atoms in total. The van der Waals surface area contributed by atoms with Crippen molar-refractivity contribution in [2.45, 2.75) is 6.54 Å². The van der Waals surface area contributed by atoms with E-state index >= 15 is 0 Å². The summed E-state index contributed by atoms with van der Waals surface area (Å²) in [5.74, 6) is -0.492. The maximum absolute atomic E-state index is 11.7. The fraction of sp³-hybridized carbons (Fsp3) is 0.0769. The number of halogens is 1. The molecule has 0 radical (unpaired) electrons. The molecule has 0 saturated heterocycles. The van der Waals surface area contributed by atoms with Crippen molar-refractivity contribution in [1.82, 2.24) is 4.57 Å². The number of carbonyl (C=O) groups excluding carboxylic acids is 1. The summed E-state index contributed by atoms with van der Waals surface area (Å²) in [4.78, 5) is 23.0. The smallest absolute Gasteiger partial charge is 0.250 e. The summed E-state index contributed by atoms with van der Waals surface area (Å²) in [6.07, 6.45) is 1.68. The first-order valence-electron chi connectivity index (χ1n) is 5.31. The molecule has 1 aromatic heterocycles. The lowest BCUT2D eigenvalue weighted by Crippen LogP contribution is -2.21. The number of pyridine rings is 1. The van der Waals surface area contributed by atoms with Gasteiger partial charge in [0.1, 0.15) is 0 Å². The first-order chi connectivity index (χ1) is 8.58. The fourth-order valence-electron chi connectivity index (χ4n) is 1.71. The van der Waals surface area contributed by atoms with Gasteiger partial charge in [-0.25, -0.2) is 0 Å². The molecular formula is C13H11BrN2O2. The third-order valence-corrected chi connectivity index (χ3v) is 3.04. The van der Waals surface area contributed by atoms with E-state index in [4.69, 9.17) is 5.73 Å². The van der Waals surface area contributed by atoms with E-state index < -0.39 is 5.91 Å². The Morgan fingerprint density at radius 3 is 2.67 bits per heavy atom. The Morgan fingerprint density at radius 1 is 1.22 bits per heavy atom. The lowest BCUT2D eigenvalue weighted by atomic mass is 10.1. The minimum absolute atomic E-state index is 0.127. The van der Waals surface area contributed by atoms with Crippen LogP contribution < -0.4 is 11.3 Å². The van der Waals surface area contributed by atoms with Crippen molar-refractivity contribution in [3.8, 4) is 0 Å². The summed E-state index contributed by atoms with van der Waals surface area (Å²) in [5, 5.41) is 0. The maximum Gasteiger partial charge on any atom is 0.250 e. The van der Waals surface area contributed by atoms with Gasteiger partial charge in [0.15, 0.2) is 0 Å². The van der Waals surface area contributed by atoms with E-state index in [1.807, 2.05) is 6.07 Å². The van der Waals surface area contributed by atoms with Crippen LogP contribution in [0.25, 0.3) is 0 Å². The zero-order chi connectivity index (χ0) is 13.1. The van der Waals surface area contributed by atoms with Gasteiger partial charge >= 0.3 is 0 Å². The first-order valence-corrected chi connectivity index (χ1v) is 6.11. The molecule has 0 aliphatic rings. The van der Waals surface area contributed by atoms with E-state index in [9.17, 15) is 9.59 Å². The second-order valence-electron chi connectivity index (χ2n) is 3.83. The Labute approximate surface area is 112 Å². The van der Waals surface area contributed by atoms with Gasteiger partial charge in [0.25, 0.3) is 5.56 Å². The number of aromatic nitrogens is 1. The Bertz CT molecular complexity index is 649. The van der Waals surface area contributed by atoms with Crippen molar-refractivity contribution in [2.24, 2.45) is 5.73 Å². The molecular weight excluding hydrogens is 296 g/mol. The van der Waals surface area contributed by atoms with Crippen LogP contribution in [0.4, 0.5) is 0 Å². The summed E-state index contributed by atoms with van der Waals surface area (Å²) in [6.45, 7) is 0.317. The zero-order valence-electron chi connectivity index (χ0n) is 9.47. The second-order valence-corrected chi connectivity index (χ2v) is 4.75. The largest absolute Gasteiger partial charge is 0.366 e. The van der Waals surface area contributed by atoms with Gasteiger partial charge < -0.3 is 10.3 Å². The zero-order valence-corrected chi connectivity index (χ0v) is 11.1. The van der Waals surface area contributed by atoms with Crippen molar-refractivity contribution >= 4 is 21.8 Å². The van der Waals surface area contributed by atoms with E-state index in [-0.39, 0.29) is 5.56 Å². The van der Waals surface area contributed by atoms with Crippen LogP contribution in [-0.4, -0.2) is 10.5 Å². The van der Waals surface area contributed by atoms with Crippen LogP contribution in [-0.2, 0) is 6.54 Å². The molecule has 0 aliphatic heterocycles. The lowest BCUT2D eigenvalue weighted by molar-refractivity contribution is 0.0999. The van der Waals surface area contributed by atoms with Gasteiger partial charge in [0, 0.05) is 22.3 Å². The van der Waals surface area contributed by atoms with Gasteiger partial charge in [-0.15, -0.1) is 0 Å². The molecule has 1 aromatic carbocycles. The van der Waals surface area contributed by atoms with Gasteiger partial charge in [-0.2, -0.15) is 0 Å². The maximum atomic E-state index is 11.7. The highest BCUT2D eigenvalue weighted by Crippen LogP contribution is 2.11. The van der Waals surface area contributed by atoms with Crippen molar-refractivity contribution in [3.05, 3.63) is 68.5 Å². The Balaban J connectivity index is 2.43. The summed E-state index contributed by atoms with van der Waals surface area (Å²) >= 11 is 3.31.